The normalized spacial score (nSPS) is 25.2. The summed E-state index contributed by atoms with van der Waals surface area (Å²) >= 11 is 12.6. The van der Waals surface area contributed by atoms with Gasteiger partial charge in [-0.1, -0.05) is 54.4 Å². The van der Waals surface area contributed by atoms with Gasteiger partial charge >= 0.3 is 0 Å². The van der Waals surface area contributed by atoms with Crippen molar-refractivity contribution in [1.29, 1.82) is 0 Å². The van der Waals surface area contributed by atoms with Crippen molar-refractivity contribution in [1.82, 2.24) is 9.62 Å². The number of carbonyl (C=O) groups is 2. The van der Waals surface area contributed by atoms with Crippen LogP contribution in [-0.4, -0.2) is 43.9 Å². The van der Waals surface area contributed by atoms with Crippen molar-refractivity contribution in [3.05, 3.63) is 69.7 Å². The second kappa shape index (κ2) is 11.4. The number of halogens is 2. The van der Waals surface area contributed by atoms with Crippen LogP contribution in [-0.2, 0) is 19.6 Å². The van der Waals surface area contributed by atoms with Crippen molar-refractivity contribution in [2.24, 2.45) is 11.3 Å². The van der Waals surface area contributed by atoms with Gasteiger partial charge in [0.2, 0.25) is 15.9 Å². The maximum Gasteiger partial charge on any atom is 0.230 e. The molecule has 0 radical (unpaired) electrons. The molecule has 4 atom stereocenters. The van der Waals surface area contributed by atoms with Crippen LogP contribution >= 0.6 is 23.2 Å². The fourth-order valence-electron chi connectivity index (χ4n) is 5.72. The summed E-state index contributed by atoms with van der Waals surface area (Å²) in [4.78, 5) is 28.3. The Balaban J connectivity index is 1.90. The van der Waals surface area contributed by atoms with Gasteiger partial charge in [0.15, 0.2) is 0 Å². The van der Waals surface area contributed by atoms with Crippen LogP contribution in [0.3, 0.4) is 0 Å². The Kier molecular flexibility index (Phi) is 8.68. The van der Waals surface area contributed by atoms with Crippen LogP contribution in [0.25, 0.3) is 0 Å². The van der Waals surface area contributed by atoms with Crippen molar-refractivity contribution in [3.63, 3.8) is 0 Å². The number of hydrogen-bond acceptors (Lipinski definition) is 4. The molecule has 1 heterocycles. The zero-order valence-electron chi connectivity index (χ0n) is 21.2. The molecule has 37 heavy (non-hydrogen) atoms. The molecule has 0 bridgehead atoms. The maximum atomic E-state index is 14.5. The van der Waals surface area contributed by atoms with Crippen LogP contribution in [0.4, 0.5) is 0 Å². The Hall–Kier alpha value is -1.93. The number of rotatable bonds is 11. The van der Waals surface area contributed by atoms with E-state index in [0.29, 0.717) is 22.9 Å². The topological polar surface area (TPSA) is 83.6 Å². The Morgan fingerprint density at radius 2 is 1.78 bits per heavy atom. The number of nitrogens with one attached hydrogen (secondary N) is 1. The molecule has 1 saturated carbocycles. The Morgan fingerprint density at radius 3 is 2.35 bits per heavy atom. The summed E-state index contributed by atoms with van der Waals surface area (Å²) in [6.07, 6.45) is 3.78. The minimum absolute atomic E-state index is 0.0336. The van der Waals surface area contributed by atoms with Gasteiger partial charge in [-0.2, -0.15) is 0 Å². The van der Waals surface area contributed by atoms with Gasteiger partial charge < -0.3 is 9.69 Å². The number of benzene rings is 2. The average molecular weight is 566 g/mol. The number of likely N-dealkylation sites (tertiary alicyclic amines) is 1. The fraction of sp³-hybridized carbons (Fsp3) is 0.500. The van der Waals surface area contributed by atoms with Gasteiger partial charge in [-0.3, -0.25) is 4.79 Å². The highest BCUT2D eigenvalue weighted by Crippen LogP contribution is 2.54. The van der Waals surface area contributed by atoms with Gasteiger partial charge in [-0.15, -0.1) is 0 Å². The molecule has 1 aliphatic carbocycles. The first-order chi connectivity index (χ1) is 17.6. The first-order valence-electron chi connectivity index (χ1n) is 12.9. The van der Waals surface area contributed by atoms with Crippen LogP contribution in [0, 0.1) is 11.3 Å². The summed E-state index contributed by atoms with van der Waals surface area (Å²) in [6, 6.07) is 14.4. The zero-order chi connectivity index (χ0) is 26.8. The van der Waals surface area contributed by atoms with Crippen molar-refractivity contribution in [2.75, 3.05) is 12.3 Å². The lowest BCUT2D eigenvalue weighted by molar-refractivity contribution is -0.158. The number of piperidine rings is 1. The molecule has 2 aromatic rings. The smallest absolute Gasteiger partial charge is 0.230 e. The quantitative estimate of drug-likeness (QED) is 0.352. The molecule has 0 aromatic heterocycles. The third kappa shape index (κ3) is 6.06. The van der Waals surface area contributed by atoms with Crippen LogP contribution in [0.1, 0.15) is 69.0 Å². The highest BCUT2D eigenvalue weighted by atomic mass is 35.5. The molecule has 1 unspecified atom stereocenters. The number of amides is 1. The van der Waals surface area contributed by atoms with E-state index in [1.165, 1.54) is 0 Å². The van der Waals surface area contributed by atoms with Crippen LogP contribution in [0.5, 0.6) is 0 Å². The van der Waals surface area contributed by atoms with E-state index in [4.69, 9.17) is 23.2 Å². The predicted molar refractivity (Wildman–Crippen MR) is 147 cm³/mol. The van der Waals surface area contributed by atoms with Gasteiger partial charge in [0.1, 0.15) is 6.29 Å². The summed E-state index contributed by atoms with van der Waals surface area (Å²) in [6.45, 7) is 3.68. The fourth-order valence-corrected chi connectivity index (χ4v) is 6.67. The maximum absolute atomic E-state index is 14.5. The summed E-state index contributed by atoms with van der Waals surface area (Å²) < 4.78 is 27.6. The number of carbonyl (C=O) groups excluding carboxylic acids is 2. The van der Waals surface area contributed by atoms with E-state index in [1.54, 1.807) is 6.92 Å². The van der Waals surface area contributed by atoms with E-state index in [1.807, 2.05) is 60.4 Å². The van der Waals surface area contributed by atoms with E-state index in [0.717, 1.165) is 30.3 Å². The molecule has 6 nitrogen and oxygen atoms in total. The van der Waals surface area contributed by atoms with Gasteiger partial charge in [0.05, 0.1) is 17.2 Å². The second-order valence-corrected chi connectivity index (χ2v) is 13.2. The van der Waals surface area contributed by atoms with Gasteiger partial charge in [0.25, 0.3) is 0 Å². The Morgan fingerprint density at radius 1 is 1.08 bits per heavy atom. The summed E-state index contributed by atoms with van der Waals surface area (Å²) in [5.41, 5.74) is 1.02. The monoisotopic (exact) mass is 564 g/mol. The molecule has 1 aliphatic heterocycles. The lowest BCUT2D eigenvalue weighted by atomic mass is 9.65. The molecular weight excluding hydrogens is 531 g/mol. The van der Waals surface area contributed by atoms with E-state index < -0.39 is 15.4 Å². The first kappa shape index (κ1) is 28.1. The SMILES string of the molecule is CC[C@]1(CC=O)C[C@H](c2cccc(Cl)c2)[C@@H](c2ccc(Cl)cc2)N(C(CNS(=O)(=O)CC)C2CC2)C1=O. The summed E-state index contributed by atoms with van der Waals surface area (Å²) in [5.74, 6) is -0.0923. The lowest BCUT2D eigenvalue weighted by Gasteiger charge is -2.53. The third-order valence-electron chi connectivity index (χ3n) is 8.03. The first-order valence-corrected chi connectivity index (χ1v) is 15.3. The highest BCUT2D eigenvalue weighted by Gasteiger charge is 2.54. The molecule has 2 fully saturated rings. The van der Waals surface area contributed by atoms with Crippen LogP contribution in [0.15, 0.2) is 48.5 Å². The molecule has 2 aromatic carbocycles. The van der Waals surface area contributed by atoms with Crippen molar-refractivity contribution in [2.45, 2.75) is 64.0 Å². The summed E-state index contributed by atoms with van der Waals surface area (Å²) in [5, 5.41) is 1.19. The molecule has 200 valence electrons. The molecule has 9 heteroatoms. The molecule has 1 saturated heterocycles. The molecule has 1 N–H and O–H groups in total. The standard InChI is InChI=1S/C28H34Cl2N2O4S/c1-3-28(14-15-33)17-24(21-6-5-7-23(30)16-21)26(20-10-12-22(29)13-11-20)32(27(28)34)25(19-8-9-19)18-31-37(35,36)4-2/h5-7,10-13,15-16,19,24-26,31H,3-4,8-9,14,17-18H2,1-2H3/t24-,25?,26-,28+/m1/s1. The van der Waals surface area contributed by atoms with Crippen LogP contribution in [0.2, 0.25) is 10.0 Å². The number of hydrogen-bond donors (Lipinski definition) is 1. The minimum Gasteiger partial charge on any atom is -0.330 e. The molecule has 0 spiro atoms. The van der Waals surface area contributed by atoms with E-state index >= 15 is 0 Å². The minimum atomic E-state index is -3.46. The van der Waals surface area contributed by atoms with E-state index in [9.17, 15) is 18.0 Å². The average Bonchev–Trinajstić information content (AvgIpc) is 3.72. The van der Waals surface area contributed by atoms with Gasteiger partial charge in [0, 0.05) is 35.0 Å². The molecule has 1 amide bonds. The van der Waals surface area contributed by atoms with Crippen LogP contribution < -0.4 is 4.72 Å². The molecular formula is C28H34Cl2N2O4S. The third-order valence-corrected chi connectivity index (χ3v) is 9.89. The Labute approximate surface area is 229 Å². The van der Waals surface area contributed by atoms with Crippen molar-refractivity contribution < 1.29 is 18.0 Å². The largest absolute Gasteiger partial charge is 0.330 e. The summed E-state index contributed by atoms with van der Waals surface area (Å²) in [7, 11) is -3.46. The Bertz CT molecular complexity index is 1230. The second-order valence-electron chi connectivity index (χ2n) is 10.2. The predicted octanol–water partition coefficient (Wildman–Crippen LogP) is 5.75. The zero-order valence-corrected chi connectivity index (χ0v) is 23.5. The molecule has 2 aliphatic rings. The van der Waals surface area contributed by atoms with Gasteiger partial charge in [-0.25, -0.2) is 13.1 Å². The highest BCUT2D eigenvalue weighted by molar-refractivity contribution is 7.89. The van der Waals surface area contributed by atoms with Crippen molar-refractivity contribution >= 4 is 45.4 Å². The van der Waals surface area contributed by atoms with E-state index in [-0.39, 0.29) is 48.5 Å². The number of sulfonamides is 1. The molecule has 4 rings (SSSR count). The lowest BCUT2D eigenvalue weighted by Crippen LogP contribution is -2.59. The van der Waals surface area contributed by atoms with E-state index in [2.05, 4.69) is 4.72 Å². The van der Waals surface area contributed by atoms with Gasteiger partial charge in [-0.05, 0) is 73.9 Å². The number of aldehydes is 1. The van der Waals surface area contributed by atoms with Crippen molar-refractivity contribution in [3.8, 4) is 0 Å². The number of nitrogens with zero attached hydrogens (tertiary/aromatic N) is 1.